The predicted molar refractivity (Wildman–Crippen MR) is 59.0 cm³/mol. The van der Waals surface area contributed by atoms with Gasteiger partial charge in [-0.25, -0.2) is 0 Å². The number of esters is 1. The van der Waals surface area contributed by atoms with Gasteiger partial charge in [-0.15, -0.1) is 0 Å². The summed E-state index contributed by atoms with van der Waals surface area (Å²) in [6.45, 7) is 12.4. The van der Waals surface area contributed by atoms with Crippen LogP contribution in [0.25, 0.3) is 0 Å². The van der Waals surface area contributed by atoms with E-state index in [1.165, 1.54) is 0 Å². The summed E-state index contributed by atoms with van der Waals surface area (Å²) in [6, 6.07) is 0. The molecule has 1 atom stereocenters. The molecule has 0 aromatic rings. The van der Waals surface area contributed by atoms with E-state index in [4.69, 9.17) is 4.74 Å². The van der Waals surface area contributed by atoms with Crippen molar-refractivity contribution in [2.75, 3.05) is 6.61 Å². The molecule has 2 nitrogen and oxygen atoms in total. The Morgan fingerprint density at radius 3 is 2.50 bits per heavy atom. The number of carbonyl (C=O) groups is 1. The fourth-order valence-corrected chi connectivity index (χ4v) is 1.61. The van der Waals surface area contributed by atoms with Crippen molar-refractivity contribution in [1.29, 1.82) is 0 Å². The third-order valence-electron chi connectivity index (χ3n) is 1.84. The maximum Gasteiger partial charge on any atom is 0.306 e. The quantitative estimate of drug-likeness (QED) is 0.501. The van der Waals surface area contributed by atoms with Crippen molar-refractivity contribution >= 4 is 5.97 Å². The maximum absolute atomic E-state index is 11.2. The van der Waals surface area contributed by atoms with Gasteiger partial charge < -0.3 is 4.74 Å². The number of hydrogen-bond donors (Lipinski definition) is 0. The molecule has 0 heterocycles. The van der Waals surface area contributed by atoms with Gasteiger partial charge in [0.1, 0.15) is 6.61 Å². The lowest BCUT2D eigenvalue weighted by Crippen LogP contribution is -2.15. The number of hydrogen-bond acceptors (Lipinski definition) is 2. The number of rotatable bonds is 5. The Hall–Kier alpha value is -0.790. The molecular formula is C12H22O2. The lowest BCUT2D eigenvalue weighted by Gasteiger charge is -2.22. The molecule has 0 N–H and O–H groups in total. The van der Waals surface area contributed by atoms with Crippen molar-refractivity contribution < 1.29 is 9.53 Å². The first kappa shape index (κ1) is 13.2. The van der Waals surface area contributed by atoms with Crippen LogP contribution >= 0.6 is 0 Å². The van der Waals surface area contributed by atoms with Gasteiger partial charge in [0.15, 0.2) is 0 Å². The summed E-state index contributed by atoms with van der Waals surface area (Å²) in [7, 11) is 0. The summed E-state index contributed by atoms with van der Waals surface area (Å²) in [5.74, 6) is 0.258. The summed E-state index contributed by atoms with van der Waals surface area (Å²) in [5, 5.41) is 0. The van der Waals surface area contributed by atoms with Crippen LogP contribution in [0.3, 0.4) is 0 Å². The van der Waals surface area contributed by atoms with Crippen molar-refractivity contribution in [3.05, 3.63) is 12.7 Å². The van der Waals surface area contributed by atoms with Gasteiger partial charge in [-0.05, 0) is 17.8 Å². The van der Waals surface area contributed by atoms with E-state index < -0.39 is 0 Å². The minimum Gasteiger partial charge on any atom is -0.461 e. The molecule has 0 saturated carbocycles. The van der Waals surface area contributed by atoms with Crippen molar-refractivity contribution in [2.45, 2.75) is 40.5 Å². The van der Waals surface area contributed by atoms with E-state index in [1.54, 1.807) is 6.08 Å². The van der Waals surface area contributed by atoms with E-state index in [-0.39, 0.29) is 11.4 Å². The van der Waals surface area contributed by atoms with Gasteiger partial charge in [-0.3, -0.25) is 4.79 Å². The van der Waals surface area contributed by atoms with E-state index in [9.17, 15) is 4.79 Å². The molecule has 14 heavy (non-hydrogen) atoms. The van der Waals surface area contributed by atoms with Gasteiger partial charge in [-0.2, -0.15) is 0 Å². The molecule has 0 amide bonds. The molecule has 0 aliphatic heterocycles. The Balaban J connectivity index is 3.76. The zero-order valence-corrected chi connectivity index (χ0v) is 9.80. The van der Waals surface area contributed by atoms with E-state index in [1.807, 2.05) is 0 Å². The Labute approximate surface area is 87.3 Å². The van der Waals surface area contributed by atoms with E-state index in [0.717, 1.165) is 6.42 Å². The molecule has 0 rings (SSSR count). The van der Waals surface area contributed by atoms with Gasteiger partial charge in [-0.1, -0.05) is 40.3 Å². The summed E-state index contributed by atoms with van der Waals surface area (Å²) in [5.41, 5.74) is 0.276. The molecule has 0 saturated heterocycles. The van der Waals surface area contributed by atoms with E-state index in [0.29, 0.717) is 18.9 Å². The van der Waals surface area contributed by atoms with Crippen LogP contribution in [-0.4, -0.2) is 12.6 Å². The lowest BCUT2D eigenvalue weighted by atomic mass is 9.84. The van der Waals surface area contributed by atoms with Gasteiger partial charge in [0.05, 0.1) is 0 Å². The molecule has 0 aliphatic carbocycles. The van der Waals surface area contributed by atoms with Crippen LogP contribution in [0.1, 0.15) is 40.5 Å². The highest BCUT2D eigenvalue weighted by Crippen LogP contribution is 2.25. The second kappa shape index (κ2) is 5.84. The Morgan fingerprint density at radius 2 is 2.07 bits per heavy atom. The summed E-state index contributed by atoms with van der Waals surface area (Å²) >= 11 is 0. The minimum absolute atomic E-state index is 0.123. The fraction of sp³-hybridized carbons (Fsp3) is 0.750. The Bertz CT molecular complexity index is 189. The van der Waals surface area contributed by atoms with Gasteiger partial charge in [0.25, 0.3) is 0 Å². The monoisotopic (exact) mass is 198 g/mol. The molecular weight excluding hydrogens is 176 g/mol. The molecule has 0 bridgehead atoms. The van der Waals surface area contributed by atoms with Crippen molar-refractivity contribution in [2.24, 2.45) is 11.3 Å². The summed E-state index contributed by atoms with van der Waals surface area (Å²) in [6.07, 6.45) is 3.13. The minimum atomic E-state index is -0.123. The normalized spacial score (nSPS) is 13.4. The van der Waals surface area contributed by atoms with Crippen LogP contribution in [0, 0.1) is 11.3 Å². The molecule has 0 fully saturated rings. The first-order valence-electron chi connectivity index (χ1n) is 5.11. The van der Waals surface area contributed by atoms with Gasteiger partial charge in [0.2, 0.25) is 0 Å². The van der Waals surface area contributed by atoms with Crippen LogP contribution in [0.2, 0.25) is 0 Å². The van der Waals surface area contributed by atoms with Crippen LogP contribution in [0.5, 0.6) is 0 Å². The highest BCUT2D eigenvalue weighted by molar-refractivity contribution is 5.69. The van der Waals surface area contributed by atoms with E-state index in [2.05, 4.69) is 34.3 Å². The predicted octanol–water partition coefficient (Wildman–Crippen LogP) is 3.18. The van der Waals surface area contributed by atoms with Crippen molar-refractivity contribution in [1.82, 2.24) is 0 Å². The standard InChI is InChI=1S/C12H22O2/c1-6-7-14-11(13)8-10(2)9-12(3,4)5/h6,10H,1,7-9H2,2-5H3/t10-/m1/s1. The lowest BCUT2D eigenvalue weighted by molar-refractivity contribution is -0.143. The highest BCUT2D eigenvalue weighted by atomic mass is 16.5. The average Bonchev–Trinajstić information content (AvgIpc) is 1.96. The van der Waals surface area contributed by atoms with Gasteiger partial charge >= 0.3 is 5.97 Å². The molecule has 0 aliphatic rings. The largest absolute Gasteiger partial charge is 0.461 e. The molecule has 0 radical (unpaired) electrons. The number of carbonyl (C=O) groups excluding carboxylic acids is 1. The molecule has 0 spiro atoms. The van der Waals surface area contributed by atoms with Crippen LogP contribution < -0.4 is 0 Å². The van der Waals surface area contributed by atoms with Crippen molar-refractivity contribution in [3.8, 4) is 0 Å². The summed E-state index contributed by atoms with van der Waals surface area (Å²) in [4.78, 5) is 11.2. The molecule has 2 heteroatoms. The fourth-order valence-electron chi connectivity index (χ4n) is 1.61. The zero-order valence-electron chi connectivity index (χ0n) is 9.80. The first-order chi connectivity index (χ1) is 6.35. The second-order valence-corrected chi connectivity index (χ2v) is 5.05. The third-order valence-corrected chi connectivity index (χ3v) is 1.84. The Kier molecular flexibility index (Phi) is 5.51. The molecule has 82 valence electrons. The first-order valence-corrected chi connectivity index (χ1v) is 5.11. The number of ether oxygens (including phenoxy) is 1. The van der Waals surface area contributed by atoms with Crippen LogP contribution in [-0.2, 0) is 9.53 Å². The second-order valence-electron chi connectivity index (χ2n) is 5.05. The Morgan fingerprint density at radius 1 is 1.50 bits per heavy atom. The van der Waals surface area contributed by atoms with Gasteiger partial charge in [0, 0.05) is 6.42 Å². The molecule has 0 unspecified atom stereocenters. The molecule has 0 aromatic heterocycles. The van der Waals surface area contributed by atoms with E-state index >= 15 is 0 Å². The van der Waals surface area contributed by atoms with Crippen molar-refractivity contribution in [3.63, 3.8) is 0 Å². The zero-order chi connectivity index (χ0) is 11.2. The summed E-state index contributed by atoms with van der Waals surface area (Å²) < 4.78 is 4.92. The average molecular weight is 198 g/mol. The SMILES string of the molecule is C=CCOC(=O)C[C@@H](C)CC(C)(C)C. The maximum atomic E-state index is 11.2. The van der Waals surface area contributed by atoms with Crippen LogP contribution in [0.15, 0.2) is 12.7 Å². The topological polar surface area (TPSA) is 26.3 Å². The molecule has 0 aromatic carbocycles. The smallest absolute Gasteiger partial charge is 0.306 e. The van der Waals surface area contributed by atoms with Crippen LogP contribution in [0.4, 0.5) is 0 Å². The third kappa shape index (κ3) is 7.84. The highest BCUT2D eigenvalue weighted by Gasteiger charge is 2.17.